The summed E-state index contributed by atoms with van der Waals surface area (Å²) in [7, 11) is 1.58. The second-order valence-corrected chi connectivity index (χ2v) is 6.19. The Bertz CT molecular complexity index is 1170. The molecular formula is C21H17N5O2. The van der Waals surface area contributed by atoms with Gasteiger partial charge in [-0.1, -0.05) is 24.3 Å². The fourth-order valence-corrected chi connectivity index (χ4v) is 2.92. The van der Waals surface area contributed by atoms with Crippen LogP contribution in [0.1, 0.15) is 20.7 Å². The molecule has 4 rings (SSSR count). The molecule has 4 aromatic rings. The second-order valence-electron chi connectivity index (χ2n) is 6.19. The monoisotopic (exact) mass is 371 g/mol. The van der Waals surface area contributed by atoms with Gasteiger partial charge in [0.1, 0.15) is 0 Å². The van der Waals surface area contributed by atoms with Crippen molar-refractivity contribution in [2.24, 2.45) is 0 Å². The Labute approximate surface area is 160 Å². The molecule has 2 heterocycles. The average molecular weight is 371 g/mol. The molecule has 0 saturated carbocycles. The molecule has 3 N–H and O–H groups in total. The summed E-state index contributed by atoms with van der Waals surface area (Å²) in [5, 5.41) is 13.3. The Hall–Kier alpha value is -4.00. The van der Waals surface area contributed by atoms with E-state index < -0.39 is 0 Å². The third kappa shape index (κ3) is 3.33. The van der Waals surface area contributed by atoms with E-state index in [9.17, 15) is 9.59 Å². The van der Waals surface area contributed by atoms with Crippen molar-refractivity contribution < 1.29 is 9.59 Å². The lowest BCUT2D eigenvalue weighted by Gasteiger charge is -2.06. The van der Waals surface area contributed by atoms with E-state index in [0.29, 0.717) is 16.9 Å². The van der Waals surface area contributed by atoms with Crippen molar-refractivity contribution in [2.45, 2.75) is 0 Å². The number of hydrogen-bond donors (Lipinski definition) is 3. The quantitative estimate of drug-likeness (QED) is 0.513. The summed E-state index contributed by atoms with van der Waals surface area (Å²) in [6, 6.07) is 16.4. The topological polar surface area (TPSA) is 99.8 Å². The van der Waals surface area contributed by atoms with Gasteiger partial charge in [0.2, 0.25) is 0 Å². The first-order valence-electron chi connectivity index (χ1n) is 8.68. The van der Waals surface area contributed by atoms with Crippen molar-refractivity contribution in [3.05, 3.63) is 78.1 Å². The Morgan fingerprint density at radius 3 is 2.50 bits per heavy atom. The van der Waals surface area contributed by atoms with Crippen LogP contribution in [0.3, 0.4) is 0 Å². The largest absolute Gasteiger partial charge is 0.355 e. The summed E-state index contributed by atoms with van der Waals surface area (Å²) in [5.74, 6) is 0.0124. The number of benzene rings is 2. The molecular weight excluding hydrogens is 354 g/mol. The molecule has 0 bridgehead atoms. The fourth-order valence-electron chi connectivity index (χ4n) is 2.92. The molecule has 2 amide bonds. The summed E-state index contributed by atoms with van der Waals surface area (Å²) >= 11 is 0. The van der Waals surface area contributed by atoms with Gasteiger partial charge in [0, 0.05) is 36.0 Å². The first kappa shape index (κ1) is 17.4. The van der Waals surface area contributed by atoms with Gasteiger partial charge in [-0.2, -0.15) is 5.10 Å². The molecule has 0 radical (unpaired) electrons. The number of aromatic amines is 1. The molecule has 2 aromatic heterocycles. The summed E-state index contributed by atoms with van der Waals surface area (Å²) < 4.78 is 0. The highest BCUT2D eigenvalue weighted by molar-refractivity contribution is 6.08. The van der Waals surface area contributed by atoms with E-state index in [1.54, 1.807) is 31.4 Å². The summed E-state index contributed by atoms with van der Waals surface area (Å²) in [5.41, 5.74) is 3.48. The summed E-state index contributed by atoms with van der Waals surface area (Å²) in [6.45, 7) is 0. The lowest BCUT2D eigenvalue weighted by Crippen LogP contribution is -2.17. The van der Waals surface area contributed by atoms with E-state index in [-0.39, 0.29) is 11.8 Å². The third-order valence-electron chi connectivity index (χ3n) is 4.39. The van der Waals surface area contributed by atoms with Crippen LogP contribution >= 0.6 is 0 Å². The van der Waals surface area contributed by atoms with Crippen molar-refractivity contribution in [3.63, 3.8) is 0 Å². The van der Waals surface area contributed by atoms with E-state index in [2.05, 4.69) is 25.8 Å². The van der Waals surface area contributed by atoms with Crippen molar-refractivity contribution in [3.8, 4) is 11.1 Å². The standard InChI is InChI=1S/C21H17N5O2/c1-22-20(27)16-9-15(11-23-12-16)14-7-8-18-17(10-14)19(26-25-18)24-21(28)13-5-3-2-4-6-13/h2-12H,1H3,(H,22,27)(H2,24,25,26,28). The Morgan fingerprint density at radius 2 is 1.71 bits per heavy atom. The van der Waals surface area contributed by atoms with Gasteiger partial charge in [0.05, 0.1) is 11.1 Å². The molecule has 7 nitrogen and oxygen atoms in total. The fraction of sp³-hybridized carbons (Fsp3) is 0.0476. The molecule has 0 atom stereocenters. The van der Waals surface area contributed by atoms with Crippen molar-refractivity contribution >= 4 is 28.5 Å². The SMILES string of the molecule is CNC(=O)c1cncc(-c2ccc3[nH]nc(NC(=O)c4ccccc4)c3c2)c1. The van der Waals surface area contributed by atoms with Gasteiger partial charge < -0.3 is 10.6 Å². The Balaban J connectivity index is 1.69. The van der Waals surface area contributed by atoms with Crippen LogP contribution in [0.15, 0.2) is 67.0 Å². The molecule has 0 saturated heterocycles. The molecule has 0 aliphatic heterocycles. The molecule has 138 valence electrons. The first-order valence-corrected chi connectivity index (χ1v) is 8.68. The van der Waals surface area contributed by atoms with Crippen LogP contribution in [0.25, 0.3) is 22.0 Å². The van der Waals surface area contributed by atoms with Gasteiger partial charge >= 0.3 is 0 Å². The van der Waals surface area contributed by atoms with Crippen LogP contribution in [-0.2, 0) is 0 Å². The zero-order valence-electron chi connectivity index (χ0n) is 15.1. The van der Waals surface area contributed by atoms with Gasteiger partial charge in [0.25, 0.3) is 11.8 Å². The third-order valence-corrected chi connectivity index (χ3v) is 4.39. The highest BCUT2D eigenvalue weighted by Crippen LogP contribution is 2.28. The number of nitrogens with zero attached hydrogens (tertiary/aromatic N) is 2. The van der Waals surface area contributed by atoms with E-state index in [1.165, 1.54) is 6.20 Å². The normalized spacial score (nSPS) is 10.6. The molecule has 0 aliphatic rings. The number of aromatic nitrogens is 3. The van der Waals surface area contributed by atoms with Gasteiger partial charge in [-0.3, -0.25) is 19.7 Å². The smallest absolute Gasteiger partial charge is 0.256 e. The molecule has 0 unspecified atom stereocenters. The zero-order valence-corrected chi connectivity index (χ0v) is 15.1. The minimum atomic E-state index is -0.234. The summed E-state index contributed by atoms with van der Waals surface area (Å²) in [4.78, 5) is 28.5. The molecule has 0 spiro atoms. The molecule has 0 fully saturated rings. The van der Waals surface area contributed by atoms with Crippen molar-refractivity contribution in [2.75, 3.05) is 12.4 Å². The lowest BCUT2D eigenvalue weighted by atomic mass is 10.0. The summed E-state index contributed by atoms with van der Waals surface area (Å²) in [6.07, 6.45) is 3.21. The van der Waals surface area contributed by atoms with Gasteiger partial charge in [-0.15, -0.1) is 0 Å². The predicted octanol–water partition coefficient (Wildman–Crippen LogP) is 3.24. The minimum absolute atomic E-state index is 0.199. The van der Waals surface area contributed by atoms with Crippen LogP contribution in [-0.4, -0.2) is 34.0 Å². The van der Waals surface area contributed by atoms with Gasteiger partial charge in [0.15, 0.2) is 5.82 Å². The number of H-pyrrole nitrogens is 1. The van der Waals surface area contributed by atoms with Crippen LogP contribution in [0.4, 0.5) is 5.82 Å². The maximum atomic E-state index is 12.4. The van der Waals surface area contributed by atoms with Gasteiger partial charge in [-0.25, -0.2) is 0 Å². The van der Waals surface area contributed by atoms with Crippen LogP contribution < -0.4 is 10.6 Å². The maximum Gasteiger partial charge on any atom is 0.256 e. The molecule has 0 aliphatic carbocycles. The number of amides is 2. The Kier molecular flexibility index (Phi) is 4.55. The number of carbonyl (C=O) groups is 2. The zero-order chi connectivity index (χ0) is 19.5. The highest BCUT2D eigenvalue weighted by Gasteiger charge is 2.13. The molecule has 7 heteroatoms. The Morgan fingerprint density at radius 1 is 0.893 bits per heavy atom. The number of pyridine rings is 1. The van der Waals surface area contributed by atoms with Crippen LogP contribution in [0, 0.1) is 0 Å². The highest BCUT2D eigenvalue weighted by atomic mass is 16.2. The number of carbonyl (C=O) groups excluding carboxylic acids is 2. The minimum Gasteiger partial charge on any atom is -0.355 e. The average Bonchev–Trinajstić information content (AvgIpc) is 3.15. The van der Waals surface area contributed by atoms with E-state index >= 15 is 0 Å². The predicted molar refractivity (Wildman–Crippen MR) is 107 cm³/mol. The number of fused-ring (bicyclic) bond motifs is 1. The van der Waals surface area contributed by atoms with Gasteiger partial charge in [-0.05, 0) is 35.9 Å². The number of anilines is 1. The lowest BCUT2D eigenvalue weighted by molar-refractivity contribution is 0.0961. The number of rotatable bonds is 4. The number of nitrogens with one attached hydrogen (secondary N) is 3. The molecule has 2 aromatic carbocycles. The van der Waals surface area contributed by atoms with E-state index in [4.69, 9.17) is 0 Å². The van der Waals surface area contributed by atoms with Crippen LogP contribution in [0.2, 0.25) is 0 Å². The van der Waals surface area contributed by atoms with E-state index in [0.717, 1.165) is 22.0 Å². The molecule has 28 heavy (non-hydrogen) atoms. The van der Waals surface area contributed by atoms with Crippen molar-refractivity contribution in [1.29, 1.82) is 0 Å². The van der Waals surface area contributed by atoms with Crippen LogP contribution in [0.5, 0.6) is 0 Å². The number of hydrogen-bond acceptors (Lipinski definition) is 4. The first-order chi connectivity index (χ1) is 13.7. The second kappa shape index (κ2) is 7.32. The van der Waals surface area contributed by atoms with E-state index in [1.807, 2.05) is 36.4 Å². The van der Waals surface area contributed by atoms with Crippen molar-refractivity contribution in [1.82, 2.24) is 20.5 Å². The maximum absolute atomic E-state index is 12.4.